The van der Waals surface area contributed by atoms with Gasteiger partial charge >= 0.3 is 0 Å². The minimum absolute atomic E-state index is 0.0744. The van der Waals surface area contributed by atoms with E-state index in [9.17, 15) is 9.59 Å². The SMILES string of the molecule is CC(C)CN1C(=O)c2ccccc2CC1(C)C(=O)NCc1ccc(Cl)cc1. The van der Waals surface area contributed by atoms with Crippen molar-refractivity contribution in [2.45, 2.75) is 39.3 Å². The van der Waals surface area contributed by atoms with Crippen LogP contribution in [-0.2, 0) is 17.8 Å². The summed E-state index contributed by atoms with van der Waals surface area (Å²) in [5.74, 6) is 0.0539. The molecule has 0 spiro atoms. The fourth-order valence-electron chi connectivity index (χ4n) is 3.55. The maximum Gasteiger partial charge on any atom is 0.255 e. The van der Waals surface area contributed by atoms with Crippen LogP contribution in [0, 0.1) is 5.92 Å². The molecule has 2 aromatic rings. The van der Waals surface area contributed by atoms with E-state index in [2.05, 4.69) is 19.2 Å². The Morgan fingerprint density at radius 2 is 1.85 bits per heavy atom. The minimum atomic E-state index is -0.915. The highest BCUT2D eigenvalue weighted by molar-refractivity contribution is 6.30. The first-order chi connectivity index (χ1) is 12.8. The molecule has 0 saturated heterocycles. The summed E-state index contributed by atoms with van der Waals surface area (Å²) in [7, 11) is 0. The van der Waals surface area contributed by atoms with E-state index in [1.165, 1.54) is 0 Å². The third kappa shape index (κ3) is 4.01. The van der Waals surface area contributed by atoms with Crippen molar-refractivity contribution in [3.8, 4) is 0 Å². The summed E-state index contributed by atoms with van der Waals surface area (Å²) >= 11 is 5.92. The summed E-state index contributed by atoms with van der Waals surface area (Å²) in [6.07, 6.45) is 0.508. The summed E-state index contributed by atoms with van der Waals surface area (Å²) in [6, 6.07) is 14.9. The molecule has 0 aromatic heterocycles. The van der Waals surface area contributed by atoms with Crippen LogP contribution >= 0.6 is 11.6 Å². The van der Waals surface area contributed by atoms with E-state index in [1.807, 2.05) is 43.3 Å². The van der Waals surface area contributed by atoms with Crippen molar-refractivity contribution in [1.29, 1.82) is 0 Å². The predicted molar refractivity (Wildman–Crippen MR) is 108 cm³/mol. The van der Waals surface area contributed by atoms with E-state index in [-0.39, 0.29) is 17.7 Å². The summed E-state index contributed by atoms with van der Waals surface area (Å²) in [5.41, 5.74) is 1.67. The normalized spacial score (nSPS) is 19.1. The largest absolute Gasteiger partial charge is 0.350 e. The first-order valence-electron chi connectivity index (χ1n) is 9.24. The topological polar surface area (TPSA) is 49.4 Å². The Bertz CT molecular complexity index is 848. The van der Waals surface area contributed by atoms with Crippen LogP contribution in [0.5, 0.6) is 0 Å². The lowest BCUT2D eigenvalue weighted by Gasteiger charge is -2.44. The maximum atomic E-state index is 13.2. The second-order valence-electron chi connectivity index (χ2n) is 7.73. The second kappa shape index (κ2) is 7.73. The molecule has 0 bridgehead atoms. The van der Waals surface area contributed by atoms with Crippen molar-refractivity contribution >= 4 is 23.4 Å². The van der Waals surface area contributed by atoms with E-state index in [0.717, 1.165) is 11.1 Å². The lowest BCUT2D eigenvalue weighted by molar-refractivity contribution is -0.132. The molecule has 1 atom stereocenters. The van der Waals surface area contributed by atoms with E-state index < -0.39 is 5.54 Å². The van der Waals surface area contributed by atoms with Gasteiger partial charge in [-0.2, -0.15) is 0 Å². The molecule has 5 heteroatoms. The molecular weight excluding hydrogens is 360 g/mol. The molecule has 0 aliphatic carbocycles. The number of amides is 2. The van der Waals surface area contributed by atoms with Gasteiger partial charge in [-0.3, -0.25) is 9.59 Å². The van der Waals surface area contributed by atoms with Gasteiger partial charge in [-0.05, 0) is 42.2 Å². The highest BCUT2D eigenvalue weighted by Crippen LogP contribution is 2.32. The number of benzene rings is 2. The molecule has 0 radical (unpaired) electrons. The first kappa shape index (κ1) is 19.4. The Labute approximate surface area is 165 Å². The molecular formula is C22H25ClN2O2. The van der Waals surface area contributed by atoms with Crippen molar-refractivity contribution in [1.82, 2.24) is 10.2 Å². The minimum Gasteiger partial charge on any atom is -0.350 e. The number of carbonyl (C=O) groups excluding carboxylic acids is 2. The van der Waals surface area contributed by atoms with E-state index in [1.54, 1.807) is 17.0 Å². The van der Waals surface area contributed by atoms with Gasteiger partial charge in [0.2, 0.25) is 5.91 Å². The number of nitrogens with one attached hydrogen (secondary N) is 1. The monoisotopic (exact) mass is 384 g/mol. The van der Waals surface area contributed by atoms with Gasteiger partial charge < -0.3 is 10.2 Å². The van der Waals surface area contributed by atoms with E-state index >= 15 is 0 Å². The molecule has 2 amide bonds. The third-order valence-corrected chi connectivity index (χ3v) is 5.28. The third-order valence-electron chi connectivity index (χ3n) is 5.03. The van der Waals surface area contributed by atoms with Crippen LogP contribution < -0.4 is 5.32 Å². The fraction of sp³-hybridized carbons (Fsp3) is 0.364. The Morgan fingerprint density at radius 1 is 1.19 bits per heavy atom. The maximum absolute atomic E-state index is 13.2. The number of hydrogen-bond donors (Lipinski definition) is 1. The number of rotatable bonds is 5. The van der Waals surface area contributed by atoms with Crippen molar-refractivity contribution in [2.75, 3.05) is 6.54 Å². The highest BCUT2D eigenvalue weighted by atomic mass is 35.5. The Balaban J connectivity index is 1.86. The van der Waals surface area contributed by atoms with Gasteiger partial charge in [0, 0.05) is 30.1 Å². The summed E-state index contributed by atoms with van der Waals surface area (Å²) in [6.45, 7) is 6.91. The molecule has 2 aromatic carbocycles. The van der Waals surface area contributed by atoms with Crippen LogP contribution in [-0.4, -0.2) is 28.8 Å². The molecule has 1 unspecified atom stereocenters. The average molecular weight is 385 g/mol. The zero-order chi connectivity index (χ0) is 19.6. The molecule has 1 aliphatic heterocycles. The summed E-state index contributed by atoms with van der Waals surface area (Å²) in [5, 5.41) is 3.67. The standard InChI is InChI=1S/C22H25ClN2O2/c1-15(2)14-25-20(26)19-7-5-4-6-17(19)12-22(25,3)21(27)24-13-16-8-10-18(23)11-9-16/h4-11,15H,12-14H2,1-3H3,(H,24,27). The van der Waals surface area contributed by atoms with Gasteiger partial charge in [-0.25, -0.2) is 0 Å². The van der Waals surface area contributed by atoms with Gasteiger partial charge in [0.15, 0.2) is 0 Å². The van der Waals surface area contributed by atoms with Crippen LogP contribution in [0.25, 0.3) is 0 Å². The Morgan fingerprint density at radius 3 is 2.52 bits per heavy atom. The number of nitrogens with zero attached hydrogens (tertiary/aromatic N) is 1. The smallest absolute Gasteiger partial charge is 0.255 e. The van der Waals surface area contributed by atoms with E-state index in [0.29, 0.717) is 30.1 Å². The lowest BCUT2D eigenvalue weighted by Crippen LogP contribution is -2.63. The second-order valence-corrected chi connectivity index (χ2v) is 8.16. The molecule has 4 nitrogen and oxygen atoms in total. The zero-order valence-corrected chi connectivity index (χ0v) is 16.7. The fourth-order valence-corrected chi connectivity index (χ4v) is 3.67. The quantitative estimate of drug-likeness (QED) is 0.844. The summed E-state index contributed by atoms with van der Waals surface area (Å²) < 4.78 is 0. The van der Waals surface area contributed by atoms with Crippen molar-refractivity contribution in [2.24, 2.45) is 5.92 Å². The van der Waals surface area contributed by atoms with Gasteiger partial charge in [0.05, 0.1) is 0 Å². The molecule has 27 heavy (non-hydrogen) atoms. The van der Waals surface area contributed by atoms with Crippen molar-refractivity contribution in [3.63, 3.8) is 0 Å². The van der Waals surface area contributed by atoms with Gasteiger partial charge in [0.1, 0.15) is 5.54 Å². The molecule has 142 valence electrons. The average Bonchev–Trinajstić information content (AvgIpc) is 2.64. The molecule has 1 aliphatic rings. The molecule has 3 rings (SSSR count). The zero-order valence-electron chi connectivity index (χ0n) is 16.0. The molecule has 0 fully saturated rings. The Hall–Kier alpha value is -2.33. The number of hydrogen-bond acceptors (Lipinski definition) is 2. The molecule has 1 N–H and O–H groups in total. The molecule has 0 saturated carbocycles. The van der Waals surface area contributed by atoms with E-state index in [4.69, 9.17) is 11.6 Å². The summed E-state index contributed by atoms with van der Waals surface area (Å²) in [4.78, 5) is 28.0. The van der Waals surface area contributed by atoms with Crippen molar-refractivity contribution < 1.29 is 9.59 Å². The number of fused-ring (bicyclic) bond motifs is 1. The highest BCUT2D eigenvalue weighted by Gasteiger charge is 2.46. The number of halogens is 1. The number of carbonyl (C=O) groups is 2. The molecule has 1 heterocycles. The van der Waals surface area contributed by atoms with Crippen molar-refractivity contribution in [3.05, 3.63) is 70.2 Å². The van der Waals surface area contributed by atoms with Crippen LogP contribution in [0.3, 0.4) is 0 Å². The van der Waals surface area contributed by atoms with Gasteiger partial charge in [0.25, 0.3) is 5.91 Å². The first-order valence-corrected chi connectivity index (χ1v) is 9.61. The lowest BCUT2D eigenvalue weighted by atomic mass is 9.82. The van der Waals surface area contributed by atoms with Gasteiger partial charge in [-0.15, -0.1) is 0 Å². The Kier molecular flexibility index (Phi) is 5.56. The van der Waals surface area contributed by atoms with Crippen LogP contribution in [0.4, 0.5) is 0 Å². The van der Waals surface area contributed by atoms with Crippen LogP contribution in [0.2, 0.25) is 5.02 Å². The van der Waals surface area contributed by atoms with Gasteiger partial charge in [-0.1, -0.05) is 55.8 Å². The van der Waals surface area contributed by atoms with Crippen LogP contribution in [0.15, 0.2) is 48.5 Å². The van der Waals surface area contributed by atoms with Crippen LogP contribution in [0.1, 0.15) is 42.3 Å². The predicted octanol–water partition coefficient (Wildman–Crippen LogP) is 4.07.